The molecular formula is C11H13NO4. The number of methoxy groups -OCH3 is 1. The first-order valence-electron chi connectivity index (χ1n) is 4.70. The third-order valence-electron chi connectivity index (χ3n) is 2.13. The molecule has 0 aliphatic carbocycles. The summed E-state index contributed by atoms with van der Waals surface area (Å²) in [5, 5.41) is 8.56. The third kappa shape index (κ3) is 3.06. The van der Waals surface area contributed by atoms with Gasteiger partial charge < -0.3 is 15.6 Å². The molecule has 1 atom stereocenters. The molecule has 0 amide bonds. The number of hydrogen-bond donors (Lipinski definition) is 2. The second kappa shape index (κ2) is 5.27. The Balaban J connectivity index is 2.69. The van der Waals surface area contributed by atoms with Gasteiger partial charge in [0.15, 0.2) is 5.78 Å². The number of carboxylic acid groups (broad SMARTS) is 1. The average molecular weight is 223 g/mol. The molecule has 5 heteroatoms. The summed E-state index contributed by atoms with van der Waals surface area (Å²) in [5.41, 5.74) is 5.69. The predicted molar refractivity (Wildman–Crippen MR) is 57.6 cm³/mol. The molecule has 0 fully saturated rings. The molecule has 0 aliphatic heterocycles. The lowest BCUT2D eigenvalue weighted by molar-refractivity contribution is -0.138. The number of Topliss-reactive ketones (excluding diaryl/α,β-unsaturated/α-hetero) is 1. The monoisotopic (exact) mass is 223 g/mol. The van der Waals surface area contributed by atoms with E-state index in [2.05, 4.69) is 0 Å². The number of rotatable bonds is 5. The van der Waals surface area contributed by atoms with Crippen molar-refractivity contribution in [1.29, 1.82) is 0 Å². The van der Waals surface area contributed by atoms with Crippen LogP contribution in [0.15, 0.2) is 24.3 Å². The summed E-state index contributed by atoms with van der Waals surface area (Å²) < 4.78 is 4.94. The molecule has 0 aliphatic rings. The van der Waals surface area contributed by atoms with Gasteiger partial charge in [0.05, 0.1) is 7.11 Å². The maximum Gasteiger partial charge on any atom is 0.320 e. The molecule has 86 valence electrons. The fourth-order valence-corrected chi connectivity index (χ4v) is 1.18. The number of carbonyl (C=O) groups is 2. The van der Waals surface area contributed by atoms with E-state index in [-0.39, 0.29) is 12.2 Å². The van der Waals surface area contributed by atoms with Gasteiger partial charge in [-0.15, -0.1) is 0 Å². The predicted octanol–water partition coefficient (Wildman–Crippen LogP) is 0.680. The van der Waals surface area contributed by atoms with Crippen molar-refractivity contribution in [3.8, 4) is 5.75 Å². The van der Waals surface area contributed by atoms with E-state index in [4.69, 9.17) is 15.6 Å². The van der Waals surface area contributed by atoms with Crippen LogP contribution >= 0.6 is 0 Å². The van der Waals surface area contributed by atoms with Crippen molar-refractivity contribution in [2.24, 2.45) is 5.73 Å². The van der Waals surface area contributed by atoms with Crippen LogP contribution in [0.4, 0.5) is 0 Å². The molecule has 0 heterocycles. The van der Waals surface area contributed by atoms with Crippen LogP contribution in [0.5, 0.6) is 5.75 Å². The number of carbonyl (C=O) groups excluding carboxylic acids is 1. The van der Waals surface area contributed by atoms with Crippen LogP contribution in [-0.2, 0) is 4.79 Å². The minimum atomic E-state index is -1.18. The highest BCUT2D eigenvalue weighted by Crippen LogP contribution is 2.13. The van der Waals surface area contributed by atoms with Crippen LogP contribution in [0.3, 0.4) is 0 Å². The SMILES string of the molecule is COc1ccc(C(=O)CC(N)C(=O)O)cc1. The molecule has 1 aromatic rings. The summed E-state index contributed by atoms with van der Waals surface area (Å²) >= 11 is 0. The lowest BCUT2D eigenvalue weighted by Gasteiger charge is -2.06. The van der Waals surface area contributed by atoms with Gasteiger partial charge >= 0.3 is 5.97 Å². The molecule has 0 aromatic heterocycles. The standard InChI is InChI=1S/C11H13NO4/c1-16-8-4-2-7(3-5-8)10(13)6-9(12)11(14)15/h2-5,9H,6,12H2,1H3,(H,14,15). The molecule has 0 saturated carbocycles. The second-order valence-corrected chi connectivity index (χ2v) is 3.30. The summed E-state index contributed by atoms with van der Waals surface area (Å²) in [5.74, 6) is -0.835. The number of benzene rings is 1. The van der Waals surface area contributed by atoms with Gasteiger partial charge in [0.2, 0.25) is 0 Å². The van der Waals surface area contributed by atoms with Gasteiger partial charge in [0, 0.05) is 12.0 Å². The van der Waals surface area contributed by atoms with Gasteiger partial charge in [-0.3, -0.25) is 9.59 Å². The average Bonchev–Trinajstić information content (AvgIpc) is 2.28. The van der Waals surface area contributed by atoms with Crippen molar-refractivity contribution < 1.29 is 19.4 Å². The fraction of sp³-hybridized carbons (Fsp3) is 0.273. The molecule has 0 saturated heterocycles. The highest BCUT2D eigenvalue weighted by Gasteiger charge is 2.17. The number of hydrogen-bond acceptors (Lipinski definition) is 4. The van der Waals surface area contributed by atoms with Gasteiger partial charge in [-0.2, -0.15) is 0 Å². The maximum absolute atomic E-state index is 11.6. The summed E-state index contributed by atoms with van der Waals surface area (Å²) in [6.45, 7) is 0. The Bertz CT molecular complexity index is 385. The Hall–Kier alpha value is -1.88. The van der Waals surface area contributed by atoms with Gasteiger partial charge in [-0.05, 0) is 24.3 Å². The zero-order chi connectivity index (χ0) is 12.1. The van der Waals surface area contributed by atoms with Gasteiger partial charge in [-0.25, -0.2) is 0 Å². The van der Waals surface area contributed by atoms with E-state index in [0.717, 1.165) is 0 Å². The summed E-state index contributed by atoms with van der Waals surface area (Å²) in [6.07, 6.45) is -0.207. The summed E-state index contributed by atoms with van der Waals surface area (Å²) in [4.78, 5) is 22.0. The molecule has 0 radical (unpaired) electrons. The van der Waals surface area contributed by atoms with Crippen molar-refractivity contribution in [2.45, 2.75) is 12.5 Å². The molecule has 0 spiro atoms. The number of carboxylic acids is 1. The molecule has 16 heavy (non-hydrogen) atoms. The lowest BCUT2D eigenvalue weighted by Crippen LogP contribution is -2.32. The number of aliphatic carboxylic acids is 1. The van der Waals surface area contributed by atoms with E-state index in [9.17, 15) is 9.59 Å². The first kappa shape index (κ1) is 12.2. The lowest BCUT2D eigenvalue weighted by atomic mass is 10.0. The largest absolute Gasteiger partial charge is 0.497 e. The highest BCUT2D eigenvalue weighted by atomic mass is 16.5. The molecular weight excluding hydrogens is 210 g/mol. The van der Waals surface area contributed by atoms with E-state index < -0.39 is 12.0 Å². The number of nitrogens with two attached hydrogens (primary N) is 1. The van der Waals surface area contributed by atoms with E-state index in [1.54, 1.807) is 24.3 Å². The first-order chi connectivity index (χ1) is 7.54. The fourth-order valence-electron chi connectivity index (χ4n) is 1.18. The number of ether oxygens (including phenoxy) is 1. The topological polar surface area (TPSA) is 89.6 Å². The van der Waals surface area contributed by atoms with Crippen LogP contribution in [0.1, 0.15) is 16.8 Å². The smallest absolute Gasteiger partial charge is 0.320 e. The molecule has 1 unspecified atom stereocenters. The van der Waals surface area contributed by atoms with Crippen LogP contribution in [0, 0.1) is 0 Å². The Kier molecular flexibility index (Phi) is 4.02. The van der Waals surface area contributed by atoms with Crippen LogP contribution in [0.2, 0.25) is 0 Å². The molecule has 1 aromatic carbocycles. The first-order valence-corrected chi connectivity index (χ1v) is 4.70. The Labute approximate surface area is 92.8 Å². The van der Waals surface area contributed by atoms with E-state index in [1.807, 2.05) is 0 Å². The van der Waals surface area contributed by atoms with Crippen LogP contribution in [0.25, 0.3) is 0 Å². The second-order valence-electron chi connectivity index (χ2n) is 3.30. The summed E-state index contributed by atoms with van der Waals surface area (Å²) in [6, 6.07) is 5.28. The minimum absolute atomic E-state index is 0.207. The Morgan fingerprint density at radius 2 is 1.94 bits per heavy atom. The van der Waals surface area contributed by atoms with Crippen LogP contribution in [-0.4, -0.2) is 30.0 Å². The van der Waals surface area contributed by atoms with Crippen molar-refractivity contribution in [3.05, 3.63) is 29.8 Å². The van der Waals surface area contributed by atoms with Gasteiger partial charge in [-0.1, -0.05) is 0 Å². The van der Waals surface area contributed by atoms with Crippen molar-refractivity contribution in [3.63, 3.8) is 0 Å². The van der Waals surface area contributed by atoms with Crippen molar-refractivity contribution in [2.75, 3.05) is 7.11 Å². The van der Waals surface area contributed by atoms with Crippen molar-refractivity contribution >= 4 is 11.8 Å². The Morgan fingerprint density at radius 3 is 2.38 bits per heavy atom. The molecule has 3 N–H and O–H groups in total. The Morgan fingerprint density at radius 1 is 1.38 bits per heavy atom. The third-order valence-corrected chi connectivity index (χ3v) is 2.13. The minimum Gasteiger partial charge on any atom is -0.497 e. The van der Waals surface area contributed by atoms with Crippen molar-refractivity contribution in [1.82, 2.24) is 0 Å². The molecule has 0 bridgehead atoms. The van der Waals surface area contributed by atoms with Gasteiger partial charge in [0.1, 0.15) is 11.8 Å². The zero-order valence-electron chi connectivity index (χ0n) is 8.84. The molecule has 1 rings (SSSR count). The summed E-state index contributed by atoms with van der Waals surface area (Å²) in [7, 11) is 1.52. The molecule has 5 nitrogen and oxygen atoms in total. The van der Waals surface area contributed by atoms with E-state index in [0.29, 0.717) is 11.3 Å². The quantitative estimate of drug-likeness (QED) is 0.716. The van der Waals surface area contributed by atoms with E-state index >= 15 is 0 Å². The maximum atomic E-state index is 11.6. The van der Waals surface area contributed by atoms with Gasteiger partial charge in [0.25, 0.3) is 0 Å². The highest BCUT2D eigenvalue weighted by molar-refractivity contribution is 5.98. The van der Waals surface area contributed by atoms with E-state index in [1.165, 1.54) is 7.11 Å². The van der Waals surface area contributed by atoms with Crippen LogP contribution < -0.4 is 10.5 Å². The number of ketones is 1. The normalized spacial score (nSPS) is 11.9. The zero-order valence-corrected chi connectivity index (χ0v) is 8.84.